The first kappa shape index (κ1) is 12.2. The van der Waals surface area contributed by atoms with E-state index in [4.69, 9.17) is 5.11 Å². The number of hydrogen-bond donors (Lipinski definition) is 1. The zero-order chi connectivity index (χ0) is 10.3. The summed E-state index contributed by atoms with van der Waals surface area (Å²) < 4.78 is 0. The summed E-state index contributed by atoms with van der Waals surface area (Å²) >= 11 is 0. The van der Waals surface area contributed by atoms with Crippen LogP contribution < -0.4 is 0 Å². The van der Waals surface area contributed by atoms with Gasteiger partial charge in [0.05, 0.1) is 0 Å². The Morgan fingerprint density at radius 1 is 1.46 bits per heavy atom. The standard InChI is InChI=1S/C10H19NO2/c1-4-6-9(10(12)13)7-5-8-11(2)3/h7H,4-6,8H2,1-3H3,(H,12,13). The number of carboxylic acids is 1. The first-order valence-corrected chi connectivity index (χ1v) is 4.65. The van der Waals surface area contributed by atoms with Crippen LogP contribution in [0.4, 0.5) is 0 Å². The second-order valence-corrected chi connectivity index (χ2v) is 3.38. The second kappa shape index (κ2) is 6.66. The van der Waals surface area contributed by atoms with Gasteiger partial charge in [0.25, 0.3) is 0 Å². The third-order valence-electron chi connectivity index (χ3n) is 1.76. The van der Waals surface area contributed by atoms with Crippen LogP contribution in [-0.4, -0.2) is 36.6 Å². The third kappa shape index (κ3) is 6.34. The number of aliphatic carboxylic acids is 1. The SMILES string of the molecule is CCCC(=CCCN(C)C)C(=O)O. The van der Waals surface area contributed by atoms with Crippen molar-refractivity contribution in [2.45, 2.75) is 26.2 Å². The number of carbonyl (C=O) groups is 1. The van der Waals surface area contributed by atoms with Crippen LogP contribution in [0.15, 0.2) is 11.6 Å². The van der Waals surface area contributed by atoms with E-state index in [0.717, 1.165) is 19.4 Å². The van der Waals surface area contributed by atoms with Crippen LogP contribution in [0.2, 0.25) is 0 Å². The fourth-order valence-electron chi connectivity index (χ4n) is 1.06. The molecular weight excluding hydrogens is 166 g/mol. The lowest BCUT2D eigenvalue weighted by Crippen LogP contribution is -2.12. The summed E-state index contributed by atoms with van der Waals surface area (Å²) in [7, 11) is 3.96. The molecule has 0 heterocycles. The molecule has 0 rings (SSSR count). The zero-order valence-electron chi connectivity index (χ0n) is 8.71. The Morgan fingerprint density at radius 3 is 2.46 bits per heavy atom. The Morgan fingerprint density at radius 2 is 2.08 bits per heavy atom. The van der Waals surface area contributed by atoms with Crippen LogP contribution in [0, 0.1) is 0 Å². The van der Waals surface area contributed by atoms with Gasteiger partial charge in [0.2, 0.25) is 0 Å². The minimum atomic E-state index is -0.777. The van der Waals surface area contributed by atoms with Crippen molar-refractivity contribution < 1.29 is 9.90 Å². The molecule has 13 heavy (non-hydrogen) atoms. The van der Waals surface area contributed by atoms with Crippen LogP contribution in [0.5, 0.6) is 0 Å². The molecule has 0 aromatic heterocycles. The molecule has 0 amide bonds. The monoisotopic (exact) mass is 185 g/mol. The first-order chi connectivity index (χ1) is 6.07. The Labute approximate surface area is 80.0 Å². The van der Waals surface area contributed by atoms with Crippen molar-refractivity contribution >= 4 is 5.97 Å². The molecule has 0 bridgehead atoms. The van der Waals surface area contributed by atoms with Crippen LogP contribution in [-0.2, 0) is 4.79 Å². The smallest absolute Gasteiger partial charge is 0.331 e. The summed E-state index contributed by atoms with van der Waals surface area (Å²) in [5.74, 6) is -0.777. The Balaban J connectivity index is 3.96. The number of carboxylic acid groups (broad SMARTS) is 1. The van der Waals surface area contributed by atoms with Gasteiger partial charge >= 0.3 is 5.97 Å². The highest BCUT2D eigenvalue weighted by Gasteiger charge is 2.04. The lowest BCUT2D eigenvalue weighted by molar-refractivity contribution is -0.132. The van der Waals surface area contributed by atoms with Gasteiger partial charge in [-0.05, 0) is 26.9 Å². The lowest BCUT2D eigenvalue weighted by Gasteiger charge is -2.07. The highest BCUT2D eigenvalue weighted by Crippen LogP contribution is 2.06. The fourth-order valence-corrected chi connectivity index (χ4v) is 1.06. The molecule has 0 radical (unpaired) electrons. The Hall–Kier alpha value is -0.830. The van der Waals surface area contributed by atoms with E-state index in [-0.39, 0.29) is 0 Å². The van der Waals surface area contributed by atoms with Crippen molar-refractivity contribution in [3.63, 3.8) is 0 Å². The van der Waals surface area contributed by atoms with Crippen LogP contribution in [0.25, 0.3) is 0 Å². The van der Waals surface area contributed by atoms with Gasteiger partial charge in [-0.1, -0.05) is 19.4 Å². The van der Waals surface area contributed by atoms with Crippen molar-refractivity contribution in [1.82, 2.24) is 4.90 Å². The van der Waals surface area contributed by atoms with Crippen LogP contribution in [0.3, 0.4) is 0 Å². The van der Waals surface area contributed by atoms with E-state index in [0.29, 0.717) is 12.0 Å². The summed E-state index contributed by atoms with van der Waals surface area (Å²) in [5, 5.41) is 8.79. The topological polar surface area (TPSA) is 40.5 Å². The quantitative estimate of drug-likeness (QED) is 0.641. The van der Waals surface area contributed by atoms with Crippen molar-refractivity contribution in [2.24, 2.45) is 0 Å². The molecule has 76 valence electrons. The minimum absolute atomic E-state index is 0.546. The normalized spacial score (nSPS) is 12.2. The van der Waals surface area contributed by atoms with E-state index >= 15 is 0 Å². The van der Waals surface area contributed by atoms with Crippen molar-refractivity contribution in [1.29, 1.82) is 0 Å². The maximum absolute atomic E-state index is 10.7. The number of nitrogens with zero attached hydrogens (tertiary/aromatic N) is 1. The molecular formula is C10H19NO2. The van der Waals surface area contributed by atoms with Crippen molar-refractivity contribution in [2.75, 3.05) is 20.6 Å². The highest BCUT2D eigenvalue weighted by molar-refractivity contribution is 5.86. The molecule has 3 heteroatoms. The molecule has 0 fully saturated rings. The minimum Gasteiger partial charge on any atom is -0.478 e. The molecule has 0 aliphatic heterocycles. The maximum Gasteiger partial charge on any atom is 0.331 e. The predicted octanol–water partition coefficient (Wildman–Crippen LogP) is 1.75. The fraction of sp³-hybridized carbons (Fsp3) is 0.700. The van der Waals surface area contributed by atoms with E-state index < -0.39 is 5.97 Å². The van der Waals surface area contributed by atoms with Gasteiger partial charge in [-0.25, -0.2) is 4.79 Å². The molecule has 0 saturated heterocycles. The molecule has 0 unspecified atom stereocenters. The van der Waals surface area contributed by atoms with Gasteiger partial charge in [0.15, 0.2) is 0 Å². The highest BCUT2D eigenvalue weighted by atomic mass is 16.4. The van der Waals surface area contributed by atoms with Crippen molar-refractivity contribution in [3.8, 4) is 0 Å². The zero-order valence-corrected chi connectivity index (χ0v) is 8.71. The van der Waals surface area contributed by atoms with E-state index in [1.165, 1.54) is 0 Å². The molecule has 0 aliphatic rings. The predicted molar refractivity (Wildman–Crippen MR) is 53.8 cm³/mol. The summed E-state index contributed by atoms with van der Waals surface area (Å²) in [6.45, 7) is 2.89. The molecule has 3 nitrogen and oxygen atoms in total. The molecule has 1 N–H and O–H groups in total. The molecule has 0 aliphatic carbocycles. The average Bonchev–Trinajstić information content (AvgIpc) is 2.02. The molecule has 0 saturated carbocycles. The van der Waals surface area contributed by atoms with Crippen molar-refractivity contribution in [3.05, 3.63) is 11.6 Å². The Kier molecular flexibility index (Phi) is 6.24. The van der Waals surface area contributed by atoms with Gasteiger partial charge < -0.3 is 10.0 Å². The van der Waals surface area contributed by atoms with E-state index in [9.17, 15) is 4.79 Å². The first-order valence-electron chi connectivity index (χ1n) is 4.65. The maximum atomic E-state index is 10.7. The van der Waals surface area contributed by atoms with Crippen LogP contribution >= 0.6 is 0 Å². The van der Waals surface area contributed by atoms with Gasteiger partial charge in [0, 0.05) is 12.1 Å². The van der Waals surface area contributed by atoms with E-state index in [1.54, 1.807) is 0 Å². The van der Waals surface area contributed by atoms with Gasteiger partial charge in [-0.3, -0.25) is 0 Å². The van der Waals surface area contributed by atoms with Crippen LogP contribution in [0.1, 0.15) is 26.2 Å². The molecule has 0 aromatic carbocycles. The van der Waals surface area contributed by atoms with E-state index in [1.807, 2.05) is 32.0 Å². The summed E-state index contributed by atoms with van der Waals surface area (Å²) in [6.07, 6.45) is 4.20. The van der Waals surface area contributed by atoms with Gasteiger partial charge in [0.1, 0.15) is 0 Å². The second-order valence-electron chi connectivity index (χ2n) is 3.38. The lowest BCUT2D eigenvalue weighted by atomic mass is 10.1. The van der Waals surface area contributed by atoms with Gasteiger partial charge in [-0.15, -0.1) is 0 Å². The Bertz CT molecular complexity index is 185. The average molecular weight is 185 g/mol. The molecule has 0 aromatic rings. The third-order valence-corrected chi connectivity index (χ3v) is 1.76. The largest absolute Gasteiger partial charge is 0.478 e. The number of hydrogen-bond acceptors (Lipinski definition) is 2. The number of rotatable bonds is 6. The van der Waals surface area contributed by atoms with E-state index in [2.05, 4.69) is 0 Å². The summed E-state index contributed by atoms with van der Waals surface area (Å²) in [4.78, 5) is 12.7. The summed E-state index contributed by atoms with van der Waals surface area (Å²) in [5.41, 5.74) is 0.546. The molecule has 0 spiro atoms. The van der Waals surface area contributed by atoms with Gasteiger partial charge in [-0.2, -0.15) is 0 Å². The summed E-state index contributed by atoms with van der Waals surface area (Å²) in [6, 6.07) is 0. The molecule has 0 atom stereocenters.